The number of hydrogen-bond acceptors (Lipinski definition) is 8. The molecule has 0 bridgehead atoms. The molecule has 1 amide bonds. The van der Waals surface area contributed by atoms with Gasteiger partial charge in [-0.2, -0.15) is 13.2 Å². The van der Waals surface area contributed by atoms with Gasteiger partial charge >= 0.3 is 18.2 Å². The summed E-state index contributed by atoms with van der Waals surface area (Å²) in [6.45, 7) is 14.7. The number of nitrogens with zero attached hydrogens (tertiary/aromatic N) is 2. The van der Waals surface area contributed by atoms with Crippen LogP contribution in [-0.2, 0) is 25.7 Å². The van der Waals surface area contributed by atoms with Crippen LogP contribution in [-0.4, -0.2) is 54.2 Å². The lowest BCUT2D eigenvalue weighted by Crippen LogP contribution is -2.58. The number of anilines is 2. The number of alkyl halides is 3. The molecule has 286 valence electrons. The highest BCUT2D eigenvalue weighted by Gasteiger charge is 2.61. The molecular formula is C38H58F3N5O5. The summed E-state index contributed by atoms with van der Waals surface area (Å²) < 4.78 is 60.9. The van der Waals surface area contributed by atoms with Gasteiger partial charge in [0.25, 0.3) is 0 Å². The Bertz CT molecular complexity index is 1410. The molecule has 13 heteroatoms. The molecule has 0 fully saturated rings. The molecule has 4 N–H and O–H groups in total. The highest BCUT2D eigenvalue weighted by molar-refractivity contribution is 5.91. The average Bonchev–Trinajstić information content (AvgIpc) is 3.49. The van der Waals surface area contributed by atoms with E-state index in [0.717, 1.165) is 39.6 Å². The molecule has 2 aromatic rings. The van der Waals surface area contributed by atoms with Gasteiger partial charge in [0.1, 0.15) is 12.6 Å². The summed E-state index contributed by atoms with van der Waals surface area (Å²) in [4.78, 5) is 29.4. The van der Waals surface area contributed by atoms with Crippen molar-refractivity contribution in [1.29, 1.82) is 0 Å². The number of esters is 1. The van der Waals surface area contributed by atoms with Crippen LogP contribution >= 0.6 is 0 Å². The number of rotatable bonds is 23. The molecule has 1 aromatic carbocycles. The van der Waals surface area contributed by atoms with Gasteiger partial charge in [0.05, 0.1) is 26.0 Å². The van der Waals surface area contributed by atoms with Gasteiger partial charge in [0.2, 0.25) is 5.54 Å². The second kappa shape index (κ2) is 20.9. The minimum Gasteiger partial charge on any atom is -0.467 e. The Hall–Kier alpha value is -3.84. The van der Waals surface area contributed by atoms with Crippen LogP contribution in [0.5, 0.6) is 0 Å². The van der Waals surface area contributed by atoms with Crippen LogP contribution in [0.3, 0.4) is 0 Å². The van der Waals surface area contributed by atoms with Gasteiger partial charge < -0.3 is 29.8 Å². The topological polar surface area (TPSA) is 130 Å². The SMILES string of the molecule is C=CC[C@H](N)c1nc(-c2ccc(NC(=O)OC)cc2NC(CC=C)(C(=O)OC)C(F)(F)F)cn1COCCCCCCCCCCCC(C)(C)C. The number of unbranched alkanes of at least 4 members (excludes halogenated alkanes) is 8. The van der Waals surface area contributed by atoms with E-state index in [1.54, 1.807) is 16.8 Å². The fourth-order valence-electron chi connectivity index (χ4n) is 5.73. The van der Waals surface area contributed by atoms with Crippen LogP contribution in [0, 0.1) is 5.41 Å². The van der Waals surface area contributed by atoms with E-state index in [-0.39, 0.29) is 29.4 Å². The zero-order chi connectivity index (χ0) is 38.1. The number of halogens is 3. The molecule has 0 aliphatic rings. The van der Waals surface area contributed by atoms with Crippen molar-refractivity contribution in [2.75, 3.05) is 31.5 Å². The molecule has 1 unspecified atom stereocenters. The Balaban J connectivity index is 2.23. The minimum absolute atomic E-state index is 0.107. The number of nitrogens with two attached hydrogens (primary N) is 1. The first-order valence-corrected chi connectivity index (χ1v) is 17.7. The van der Waals surface area contributed by atoms with Crippen molar-refractivity contribution in [2.45, 2.75) is 122 Å². The molecule has 51 heavy (non-hydrogen) atoms. The number of hydrogen-bond donors (Lipinski definition) is 3. The smallest absolute Gasteiger partial charge is 0.422 e. The molecule has 0 spiro atoms. The van der Waals surface area contributed by atoms with Crippen molar-refractivity contribution in [2.24, 2.45) is 11.1 Å². The third kappa shape index (κ3) is 13.7. The third-order valence-electron chi connectivity index (χ3n) is 8.55. The second-order valence-electron chi connectivity index (χ2n) is 14.0. The Morgan fingerprint density at radius 2 is 1.59 bits per heavy atom. The Kier molecular flexibility index (Phi) is 17.7. The summed E-state index contributed by atoms with van der Waals surface area (Å²) in [7, 11) is 2.02. The molecule has 0 saturated heterocycles. The van der Waals surface area contributed by atoms with E-state index in [1.807, 2.05) is 0 Å². The summed E-state index contributed by atoms with van der Waals surface area (Å²) >= 11 is 0. The number of imidazole rings is 1. The summed E-state index contributed by atoms with van der Waals surface area (Å²) in [6, 6.07) is 3.63. The average molecular weight is 722 g/mol. The van der Waals surface area contributed by atoms with Crippen molar-refractivity contribution in [3.63, 3.8) is 0 Å². The Labute approximate surface area is 301 Å². The van der Waals surface area contributed by atoms with Gasteiger partial charge in [-0.05, 0) is 42.9 Å². The maximum absolute atomic E-state index is 14.7. The normalized spacial score (nSPS) is 13.6. The van der Waals surface area contributed by atoms with E-state index in [4.69, 9.17) is 15.5 Å². The van der Waals surface area contributed by atoms with E-state index < -0.39 is 36.2 Å². The summed E-state index contributed by atoms with van der Waals surface area (Å²) in [5, 5.41) is 4.81. The summed E-state index contributed by atoms with van der Waals surface area (Å²) in [6.07, 6.45) is 9.82. The summed E-state index contributed by atoms with van der Waals surface area (Å²) in [5.74, 6) is -1.12. The lowest BCUT2D eigenvalue weighted by molar-refractivity contribution is -0.198. The molecule has 0 radical (unpaired) electrons. The number of carbonyl (C=O) groups is 2. The van der Waals surface area contributed by atoms with Crippen LogP contribution in [0.1, 0.15) is 110 Å². The van der Waals surface area contributed by atoms with Gasteiger partial charge in [-0.15, -0.1) is 13.2 Å². The number of benzene rings is 1. The number of nitrogens with one attached hydrogen (secondary N) is 2. The minimum atomic E-state index is -5.10. The van der Waals surface area contributed by atoms with Gasteiger partial charge in [-0.25, -0.2) is 14.6 Å². The predicted octanol–water partition coefficient (Wildman–Crippen LogP) is 9.69. The highest BCUT2D eigenvalue weighted by Crippen LogP contribution is 2.41. The Morgan fingerprint density at radius 1 is 0.961 bits per heavy atom. The molecular weight excluding hydrogens is 663 g/mol. The molecule has 0 saturated carbocycles. The van der Waals surface area contributed by atoms with Gasteiger partial charge in [0, 0.05) is 36.2 Å². The van der Waals surface area contributed by atoms with Crippen LogP contribution in [0.4, 0.5) is 29.3 Å². The maximum atomic E-state index is 14.7. The highest BCUT2D eigenvalue weighted by atomic mass is 19.4. The fraction of sp³-hybridized carbons (Fsp3) is 0.605. The van der Waals surface area contributed by atoms with E-state index in [9.17, 15) is 22.8 Å². The molecule has 2 atom stereocenters. The molecule has 0 aliphatic heterocycles. The number of carbonyl (C=O) groups excluding carboxylic acids is 2. The van der Waals surface area contributed by atoms with Crippen molar-refractivity contribution in [3.05, 3.63) is 55.5 Å². The number of amides is 1. The van der Waals surface area contributed by atoms with Crippen LogP contribution in [0.15, 0.2) is 49.7 Å². The van der Waals surface area contributed by atoms with Crippen molar-refractivity contribution >= 4 is 23.4 Å². The number of methoxy groups -OCH3 is 2. The van der Waals surface area contributed by atoms with Crippen LogP contribution < -0.4 is 16.4 Å². The molecule has 0 aliphatic carbocycles. The van der Waals surface area contributed by atoms with Gasteiger partial charge in [0.15, 0.2) is 0 Å². The predicted molar refractivity (Wildman–Crippen MR) is 196 cm³/mol. The van der Waals surface area contributed by atoms with Crippen molar-refractivity contribution < 1.29 is 37.0 Å². The lowest BCUT2D eigenvalue weighted by Gasteiger charge is -2.34. The van der Waals surface area contributed by atoms with Crippen molar-refractivity contribution in [1.82, 2.24) is 9.55 Å². The first-order chi connectivity index (χ1) is 24.1. The largest absolute Gasteiger partial charge is 0.467 e. The second-order valence-corrected chi connectivity index (χ2v) is 14.0. The first-order valence-electron chi connectivity index (χ1n) is 17.7. The zero-order valence-electron chi connectivity index (χ0n) is 31.0. The molecule has 1 heterocycles. The monoisotopic (exact) mass is 721 g/mol. The fourth-order valence-corrected chi connectivity index (χ4v) is 5.73. The summed E-state index contributed by atoms with van der Waals surface area (Å²) in [5.41, 5.74) is 4.06. The van der Waals surface area contributed by atoms with E-state index in [0.29, 0.717) is 24.3 Å². The van der Waals surface area contributed by atoms with Crippen molar-refractivity contribution in [3.8, 4) is 11.3 Å². The quantitative estimate of drug-likeness (QED) is 0.0588. The Morgan fingerprint density at radius 3 is 2.14 bits per heavy atom. The number of ether oxygens (including phenoxy) is 3. The maximum Gasteiger partial charge on any atom is 0.422 e. The van der Waals surface area contributed by atoms with Gasteiger partial charge in [-0.3, -0.25) is 5.32 Å². The molecule has 1 aromatic heterocycles. The van der Waals surface area contributed by atoms with Gasteiger partial charge in [-0.1, -0.05) is 84.3 Å². The first kappa shape index (κ1) is 43.3. The lowest BCUT2D eigenvalue weighted by atomic mass is 9.89. The molecule has 10 nitrogen and oxygen atoms in total. The van der Waals surface area contributed by atoms with E-state index in [1.165, 1.54) is 63.1 Å². The number of aromatic nitrogens is 2. The molecule has 2 rings (SSSR count). The zero-order valence-corrected chi connectivity index (χ0v) is 31.0. The van der Waals surface area contributed by atoms with E-state index >= 15 is 0 Å². The van der Waals surface area contributed by atoms with E-state index in [2.05, 4.69) is 54.0 Å². The van der Waals surface area contributed by atoms with Crippen LogP contribution in [0.25, 0.3) is 11.3 Å². The van der Waals surface area contributed by atoms with Crippen LogP contribution in [0.2, 0.25) is 0 Å². The standard InChI is InChI=1S/C38H58F3N5O5/c1-8-19-30(42)33-44-32(26-46(33)27-51-24-18-16-14-12-10-11-13-15-17-23-36(3,4)5)29-21-20-28(43-35(48)50-7)25-31(29)45-37(22-9-2,34(47)49-6)38(39,40)41/h8-9,20-21,25-26,30,45H,1-2,10-19,22-24,27,42H2,3-7H3,(H,43,48)/t30-,37?/m0/s1. The third-order valence-corrected chi connectivity index (χ3v) is 8.55.